The van der Waals surface area contributed by atoms with Gasteiger partial charge < -0.3 is 18.9 Å². The third-order valence-electron chi connectivity index (χ3n) is 2.51. The molecule has 0 N–H and O–H groups in total. The highest BCUT2D eigenvalue weighted by Gasteiger charge is 2.12. The molecule has 0 saturated heterocycles. The SMILES string of the molecule is COC(=O)CCN(CCOC(=O)OC)CCC(=O)OC. The zero-order valence-corrected chi connectivity index (χ0v) is 12.0. The molecule has 8 heteroatoms. The standard InChI is InChI=1S/C12H21NO7/c1-17-10(14)4-6-13(7-5-11(15)18-2)8-9-20-12(16)19-3/h4-9H2,1-3H3. The first-order valence-corrected chi connectivity index (χ1v) is 6.10. The molecule has 0 aliphatic rings. The third kappa shape index (κ3) is 9.15. The van der Waals surface area contributed by atoms with E-state index in [1.165, 1.54) is 21.3 Å². The number of hydrogen-bond acceptors (Lipinski definition) is 8. The van der Waals surface area contributed by atoms with E-state index in [-0.39, 0.29) is 31.4 Å². The minimum absolute atomic E-state index is 0.106. The normalized spacial score (nSPS) is 10.0. The van der Waals surface area contributed by atoms with Gasteiger partial charge in [0.05, 0.1) is 34.2 Å². The van der Waals surface area contributed by atoms with Gasteiger partial charge in [-0.15, -0.1) is 0 Å². The molecule has 0 aromatic rings. The van der Waals surface area contributed by atoms with Gasteiger partial charge in [0.25, 0.3) is 0 Å². The first kappa shape index (κ1) is 18.2. The van der Waals surface area contributed by atoms with Crippen LogP contribution in [0, 0.1) is 0 Å². The molecular formula is C12H21NO7. The van der Waals surface area contributed by atoms with Gasteiger partial charge in [0.1, 0.15) is 6.61 Å². The average Bonchev–Trinajstić information content (AvgIpc) is 2.47. The predicted octanol–water partition coefficient (Wildman–Crippen LogP) is 0.198. The Hall–Kier alpha value is -1.83. The maximum Gasteiger partial charge on any atom is 0.508 e. The molecule has 0 aromatic carbocycles. The Balaban J connectivity index is 4.12. The van der Waals surface area contributed by atoms with Crippen LogP contribution in [-0.2, 0) is 28.5 Å². The molecule has 0 radical (unpaired) electrons. The summed E-state index contributed by atoms with van der Waals surface area (Å²) < 4.78 is 18.2. The second-order valence-corrected chi connectivity index (χ2v) is 3.80. The molecule has 0 fully saturated rings. The maximum absolute atomic E-state index is 11.1. The van der Waals surface area contributed by atoms with E-state index in [2.05, 4.69) is 14.2 Å². The molecule has 8 nitrogen and oxygen atoms in total. The smallest absolute Gasteiger partial charge is 0.469 e. The molecular weight excluding hydrogens is 270 g/mol. The fourth-order valence-corrected chi connectivity index (χ4v) is 1.36. The molecule has 0 aromatic heterocycles. The van der Waals surface area contributed by atoms with Crippen LogP contribution >= 0.6 is 0 Å². The number of esters is 2. The lowest BCUT2D eigenvalue weighted by Gasteiger charge is -2.20. The van der Waals surface area contributed by atoms with Crippen LogP contribution < -0.4 is 0 Å². The number of nitrogens with zero attached hydrogens (tertiary/aromatic N) is 1. The Bertz CT molecular complexity index is 299. The van der Waals surface area contributed by atoms with Gasteiger partial charge in [-0.3, -0.25) is 14.5 Å². The monoisotopic (exact) mass is 291 g/mol. The zero-order chi connectivity index (χ0) is 15.4. The summed E-state index contributed by atoms with van der Waals surface area (Å²) in [5.41, 5.74) is 0. The van der Waals surface area contributed by atoms with Gasteiger partial charge in [0.2, 0.25) is 0 Å². The van der Waals surface area contributed by atoms with Crippen molar-refractivity contribution in [3.8, 4) is 0 Å². The molecule has 0 bridgehead atoms. The maximum atomic E-state index is 11.1. The Morgan fingerprint density at radius 1 is 0.800 bits per heavy atom. The zero-order valence-electron chi connectivity index (χ0n) is 12.0. The molecule has 0 unspecified atom stereocenters. The Labute approximate surface area is 117 Å². The predicted molar refractivity (Wildman–Crippen MR) is 68.1 cm³/mol. The quantitative estimate of drug-likeness (QED) is 0.439. The highest BCUT2D eigenvalue weighted by atomic mass is 16.7. The molecule has 0 atom stereocenters. The van der Waals surface area contributed by atoms with E-state index < -0.39 is 6.16 Å². The molecule has 116 valence electrons. The van der Waals surface area contributed by atoms with Gasteiger partial charge in [-0.25, -0.2) is 4.79 Å². The Morgan fingerprint density at radius 3 is 1.70 bits per heavy atom. The van der Waals surface area contributed by atoms with Crippen LogP contribution in [0.4, 0.5) is 4.79 Å². The van der Waals surface area contributed by atoms with Crippen LogP contribution in [0.3, 0.4) is 0 Å². The van der Waals surface area contributed by atoms with Crippen molar-refractivity contribution in [3.05, 3.63) is 0 Å². The topological polar surface area (TPSA) is 91.4 Å². The first-order valence-electron chi connectivity index (χ1n) is 6.10. The average molecular weight is 291 g/mol. The first-order chi connectivity index (χ1) is 9.53. The van der Waals surface area contributed by atoms with Crippen LogP contribution in [0.2, 0.25) is 0 Å². The third-order valence-corrected chi connectivity index (χ3v) is 2.51. The minimum Gasteiger partial charge on any atom is -0.469 e. The van der Waals surface area contributed by atoms with Gasteiger partial charge in [-0.1, -0.05) is 0 Å². The number of carbonyl (C=O) groups is 3. The van der Waals surface area contributed by atoms with Crippen LogP contribution in [0.1, 0.15) is 12.8 Å². The number of ether oxygens (including phenoxy) is 4. The molecule has 0 amide bonds. The van der Waals surface area contributed by atoms with Crippen molar-refractivity contribution in [1.82, 2.24) is 4.90 Å². The molecule has 0 heterocycles. The van der Waals surface area contributed by atoms with E-state index in [1.54, 1.807) is 4.90 Å². The number of methoxy groups -OCH3 is 3. The van der Waals surface area contributed by atoms with Crippen LogP contribution in [0.25, 0.3) is 0 Å². The molecule has 0 rings (SSSR count). The molecule has 0 saturated carbocycles. The van der Waals surface area contributed by atoms with Crippen molar-refractivity contribution >= 4 is 18.1 Å². The number of hydrogen-bond donors (Lipinski definition) is 0. The fraction of sp³-hybridized carbons (Fsp3) is 0.750. The summed E-state index contributed by atoms with van der Waals surface area (Å²) in [4.78, 5) is 34.8. The van der Waals surface area contributed by atoms with Crippen molar-refractivity contribution in [2.75, 3.05) is 47.6 Å². The van der Waals surface area contributed by atoms with Crippen LogP contribution in [-0.4, -0.2) is 70.6 Å². The van der Waals surface area contributed by atoms with Crippen molar-refractivity contribution in [2.24, 2.45) is 0 Å². The van der Waals surface area contributed by atoms with Crippen LogP contribution in [0.15, 0.2) is 0 Å². The fourth-order valence-electron chi connectivity index (χ4n) is 1.36. The van der Waals surface area contributed by atoms with E-state index in [9.17, 15) is 14.4 Å². The largest absolute Gasteiger partial charge is 0.508 e. The van der Waals surface area contributed by atoms with E-state index in [1.807, 2.05) is 0 Å². The minimum atomic E-state index is -0.772. The molecule has 0 aliphatic carbocycles. The van der Waals surface area contributed by atoms with Crippen molar-refractivity contribution in [2.45, 2.75) is 12.8 Å². The van der Waals surface area contributed by atoms with Crippen molar-refractivity contribution in [3.63, 3.8) is 0 Å². The lowest BCUT2D eigenvalue weighted by molar-refractivity contribution is -0.141. The highest BCUT2D eigenvalue weighted by molar-refractivity contribution is 5.70. The second kappa shape index (κ2) is 11.0. The summed E-state index contributed by atoms with van der Waals surface area (Å²) in [6.07, 6.45) is -0.392. The van der Waals surface area contributed by atoms with Crippen LogP contribution in [0.5, 0.6) is 0 Å². The Morgan fingerprint density at radius 2 is 1.30 bits per heavy atom. The van der Waals surface area contributed by atoms with E-state index in [4.69, 9.17) is 4.74 Å². The summed E-state index contributed by atoms with van der Waals surface area (Å²) in [7, 11) is 3.83. The molecule has 0 spiro atoms. The van der Waals surface area contributed by atoms with Gasteiger partial charge in [-0.05, 0) is 0 Å². The van der Waals surface area contributed by atoms with Gasteiger partial charge >= 0.3 is 18.1 Å². The highest BCUT2D eigenvalue weighted by Crippen LogP contribution is 1.98. The van der Waals surface area contributed by atoms with E-state index in [0.717, 1.165) is 0 Å². The molecule has 0 aliphatic heterocycles. The molecule has 20 heavy (non-hydrogen) atoms. The number of carbonyl (C=O) groups excluding carboxylic acids is 3. The summed E-state index contributed by atoms with van der Waals surface area (Å²) in [6.45, 7) is 1.28. The van der Waals surface area contributed by atoms with E-state index >= 15 is 0 Å². The van der Waals surface area contributed by atoms with E-state index in [0.29, 0.717) is 19.6 Å². The number of rotatable bonds is 9. The lowest BCUT2D eigenvalue weighted by atomic mass is 10.3. The summed E-state index contributed by atoms with van der Waals surface area (Å²) in [6, 6.07) is 0. The Kier molecular flexibility index (Phi) is 10.0. The lowest BCUT2D eigenvalue weighted by Crippen LogP contribution is -2.33. The summed E-state index contributed by atoms with van der Waals surface area (Å²) in [5.74, 6) is -0.691. The second-order valence-electron chi connectivity index (χ2n) is 3.80. The van der Waals surface area contributed by atoms with Gasteiger partial charge in [0.15, 0.2) is 0 Å². The van der Waals surface area contributed by atoms with Crippen molar-refractivity contribution in [1.29, 1.82) is 0 Å². The van der Waals surface area contributed by atoms with Crippen molar-refractivity contribution < 1.29 is 33.3 Å². The summed E-state index contributed by atoms with van der Waals surface area (Å²) >= 11 is 0. The summed E-state index contributed by atoms with van der Waals surface area (Å²) in [5, 5.41) is 0. The van der Waals surface area contributed by atoms with Gasteiger partial charge in [-0.2, -0.15) is 0 Å². The van der Waals surface area contributed by atoms with Gasteiger partial charge in [0, 0.05) is 19.6 Å².